The third kappa shape index (κ3) is 4.13. The first-order chi connectivity index (χ1) is 9.99. The Morgan fingerprint density at radius 3 is 2.33 bits per heavy atom. The van der Waals surface area contributed by atoms with Crippen molar-refractivity contribution in [2.24, 2.45) is 5.92 Å². The van der Waals surface area contributed by atoms with E-state index < -0.39 is 27.5 Å². The normalized spacial score (nSPS) is 12.8. The van der Waals surface area contributed by atoms with Gasteiger partial charge in [0.1, 0.15) is 0 Å². The van der Waals surface area contributed by atoms with Crippen LogP contribution in [0.15, 0.2) is 59.8 Å². The second-order valence-electron chi connectivity index (χ2n) is 4.67. The average molecular weight is 305 g/mol. The molecule has 0 saturated heterocycles. The van der Waals surface area contributed by atoms with Crippen molar-refractivity contribution in [1.29, 1.82) is 0 Å². The number of carboxylic acids is 1. The second-order valence-corrected chi connectivity index (χ2v) is 6.66. The summed E-state index contributed by atoms with van der Waals surface area (Å²) in [6, 6.07) is 13.5. The summed E-state index contributed by atoms with van der Waals surface area (Å²) in [5.41, 5.74) is 0.793. The maximum atomic E-state index is 12.2. The Hall–Kier alpha value is -2.21. The highest BCUT2D eigenvalue weighted by atomic mass is 32.2. The van der Waals surface area contributed by atoms with E-state index in [0.717, 1.165) is 5.56 Å². The SMILES string of the molecule is O=C(O)[C@H](Cc1ccccc1)CS(=O)(=O)c1ccccn1. The standard InChI is InChI=1S/C15H15NO4S/c17-15(18)13(10-12-6-2-1-3-7-12)11-21(19,20)14-8-4-5-9-16-14/h1-9,13H,10-11H2,(H,17,18)/t13-/m1/s1. The fraction of sp³-hybridized carbons (Fsp3) is 0.200. The van der Waals surface area contributed by atoms with E-state index in [2.05, 4.69) is 4.98 Å². The van der Waals surface area contributed by atoms with Crippen molar-refractivity contribution in [2.75, 3.05) is 5.75 Å². The van der Waals surface area contributed by atoms with Gasteiger partial charge in [0.2, 0.25) is 0 Å². The zero-order chi connectivity index (χ0) is 15.3. The van der Waals surface area contributed by atoms with Crippen molar-refractivity contribution in [1.82, 2.24) is 4.98 Å². The molecule has 0 bridgehead atoms. The lowest BCUT2D eigenvalue weighted by atomic mass is 10.0. The van der Waals surface area contributed by atoms with Crippen molar-refractivity contribution >= 4 is 15.8 Å². The zero-order valence-electron chi connectivity index (χ0n) is 11.2. The van der Waals surface area contributed by atoms with Crippen LogP contribution in [0.25, 0.3) is 0 Å². The van der Waals surface area contributed by atoms with Gasteiger partial charge >= 0.3 is 5.97 Å². The van der Waals surface area contributed by atoms with Crippen LogP contribution in [0.2, 0.25) is 0 Å². The molecule has 0 aliphatic carbocycles. The molecule has 2 aromatic rings. The van der Waals surface area contributed by atoms with Gasteiger partial charge in [0.15, 0.2) is 14.9 Å². The van der Waals surface area contributed by atoms with Gasteiger partial charge in [0, 0.05) is 6.20 Å². The molecule has 1 aromatic carbocycles. The summed E-state index contributed by atoms with van der Waals surface area (Å²) < 4.78 is 24.4. The van der Waals surface area contributed by atoms with Gasteiger partial charge in [-0.1, -0.05) is 36.4 Å². The number of rotatable bonds is 6. The van der Waals surface area contributed by atoms with Gasteiger partial charge in [-0.2, -0.15) is 0 Å². The summed E-state index contributed by atoms with van der Waals surface area (Å²) in [7, 11) is -3.72. The van der Waals surface area contributed by atoms with E-state index in [0.29, 0.717) is 0 Å². The molecule has 21 heavy (non-hydrogen) atoms. The Kier molecular flexibility index (Phi) is 4.70. The largest absolute Gasteiger partial charge is 0.481 e. The number of nitrogens with zero attached hydrogens (tertiary/aromatic N) is 1. The average Bonchev–Trinajstić information content (AvgIpc) is 2.48. The van der Waals surface area contributed by atoms with E-state index in [-0.39, 0.29) is 11.4 Å². The summed E-state index contributed by atoms with van der Waals surface area (Å²) in [6.45, 7) is 0. The van der Waals surface area contributed by atoms with E-state index >= 15 is 0 Å². The molecule has 110 valence electrons. The summed E-state index contributed by atoms with van der Waals surface area (Å²) >= 11 is 0. The molecule has 0 radical (unpaired) electrons. The number of aliphatic carboxylic acids is 1. The minimum Gasteiger partial charge on any atom is -0.481 e. The van der Waals surface area contributed by atoms with E-state index in [1.165, 1.54) is 12.3 Å². The second kappa shape index (κ2) is 6.49. The van der Waals surface area contributed by atoms with Crippen LogP contribution in [0.1, 0.15) is 5.56 Å². The number of carboxylic acid groups (broad SMARTS) is 1. The number of carbonyl (C=O) groups is 1. The summed E-state index contributed by atoms with van der Waals surface area (Å²) in [6.07, 6.45) is 1.54. The lowest BCUT2D eigenvalue weighted by Crippen LogP contribution is -2.26. The lowest BCUT2D eigenvalue weighted by Gasteiger charge is -2.12. The van der Waals surface area contributed by atoms with Gasteiger partial charge < -0.3 is 5.11 Å². The summed E-state index contributed by atoms with van der Waals surface area (Å²) in [5.74, 6) is -2.59. The summed E-state index contributed by atoms with van der Waals surface area (Å²) in [5, 5.41) is 9.17. The smallest absolute Gasteiger partial charge is 0.307 e. The van der Waals surface area contributed by atoms with Crippen LogP contribution >= 0.6 is 0 Å². The third-order valence-electron chi connectivity index (χ3n) is 3.05. The van der Waals surface area contributed by atoms with E-state index in [9.17, 15) is 18.3 Å². The molecule has 1 heterocycles. The van der Waals surface area contributed by atoms with Crippen molar-refractivity contribution in [3.8, 4) is 0 Å². The molecule has 0 aliphatic rings. The molecule has 1 atom stereocenters. The predicted octanol–water partition coefficient (Wildman–Crippen LogP) is 1.80. The van der Waals surface area contributed by atoms with Crippen molar-refractivity contribution in [3.63, 3.8) is 0 Å². The minimum absolute atomic E-state index is 0.0932. The molecule has 0 unspecified atom stereocenters. The highest BCUT2D eigenvalue weighted by molar-refractivity contribution is 7.91. The minimum atomic E-state index is -3.72. The van der Waals surface area contributed by atoms with Gasteiger partial charge in [0.25, 0.3) is 0 Å². The number of hydrogen-bond acceptors (Lipinski definition) is 4. The van der Waals surface area contributed by atoms with Gasteiger partial charge in [-0.25, -0.2) is 13.4 Å². The molecule has 2 rings (SSSR count). The van der Waals surface area contributed by atoms with Crippen LogP contribution in [0.3, 0.4) is 0 Å². The molecule has 5 nitrogen and oxygen atoms in total. The fourth-order valence-electron chi connectivity index (χ4n) is 2.00. The maximum absolute atomic E-state index is 12.2. The third-order valence-corrected chi connectivity index (χ3v) is 4.77. The quantitative estimate of drug-likeness (QED) is 0.879. The van der Waals surface area contributed by atoms with Gasteiger partial charge in [0.05, 0.1) is 11.7 Å². The Labute approximate surface area is 123 Å². The predicted molar refractivity (Wildman–Crippen MR) is 77.6 cm³/mol. The van der Waals surface area contributed by atoms with Crippen LogP contribution in [-0.2, 0) is 21.1 Å². The molecule has 0 amide bonds. The van der Waals surface area contributed by atoms with E-state index in [1.54, 1.807) is 36.4 Å². The molecule has 6 heteroatoms. The van der Waals surface area contributed by atoms with Gasteiger partial charge in [-0.15, -0.1) is 0 Å². The molecule has 0 aliphatic heterocycles. The van der Waals surface area contributed by atoms with Crippen molar-refractivity contribution in [2.45, 2.75) is 11.4 Å². The molecule has 1 aromatic heterocycles. The maximum Gasteiger partial charge on any atom is 0.307 e. The first-order valence-electron chi connectivity index (χ1n) is 6.39. The first-order valence-corrected chi connectivity index (χ1v) is 8.05. The summed E-state index contributed by atoms with van der Waals surface area (Å²) in [4.78, 5) is 15.1. The van der Waals surface area contributed by atoms with Crippen LogP contribution in [0.4, 0.5) is 0 Å². The number of pyridine rings is 1. The fourth-order valence-corrected chi connectivity index (χ4v) is 3.47. The molecule has 0 fully saturated rings. The van der Waals surface area contributed by atoms with Crippen molar-refractivity contribution in [3.05, 3.63) is 60.3 Å². The first kappa shape index (κ1) is 15.2. The van der Waals surface area contributed by atoms with Crippen LogP contribution < -0.4 is 0 Å². The van der Waals surface area contributed by atoms with E-state index in [4.69, 9.17) is 0 Å². The zero-order valence-corrected chi connectivity index (χ0v) is 12.0. The Morgan fingerprint density at radius 1 is 1.10 bits per heavy atom. The van der Waals surface area contributed by atoms with Gasteiger partial charge in [-0.05, 0) is 24.1 Å². The number of sulfone groups is 1. The number of aromatic nitrogens is 1. The Balaban J connectivity index is 2.19. The number of hydrogen-bond donors (Lipinski definition) is 1. The molecule has 0 saturated carbocycles. The Bertz CT molecular complexity index is 699. The molecular formula is C15H15NO4S. The van der Waals surface area contributed by atoms with Crippen molar-refractivity contribution < 1.29 is 18.3 Å². The molecule has 0 spiro atoms. The molecular weight excluding hydrogens is 290 g/mol. The topological polar surface area (TPSA) is 84.3 Å². The van der Waals surface area contributed by atoms with Crippen LogP contribution in [0, 0.1) is 5.92 Å². The number of benzene rings is 1. The highest BCUT2D eigenvalue weighted by Crippen LogP contribution is 2.16. The molecule has 1 N–H and O–H groups in total. The van der Waals surface area contributed by atoms with E-state index in [1.807, 2.05) is 6.07 Å². The van der Waals surface area contributed by atoms with Crippen LogP contribution in [-0.4, -0.2) is 30.2 Å². The Morgan fingerprint density at radius 2 is 1.76 bits per heavy atom. The monoisotopic (exact) mass is 305 g/mol. The van der Waals surface area contributed by atoms with Crippen LogP contribution in [0.5, 0.6) is 0 Å². The highest BCUT2D eigenvalue weighted by Gasteiger charge is 2.27. The van der Waals surface area contributed by atoms with Gasteiger partial charge in [-0.3, -0.25) is 4.79 Å². The lowest BCUT2D eigenvalue weighted by molar-refractivity contribution is -0.140.